The molecular weight excluding hydrogens is 1180 g/mol. The van der Waals surface area contributed by atoms with E-state index in [0.717, 1.165) is 5.57 Å². The van der Waals surface area contributed by atoms with Crippen LogP contribution in [0.2, 0.25) is 163 Å². The van der Waals surface area contributed by atoms with Crippen LogP contribution in [0.25, 0.3) is 0 Å². The van der Waals surface area contributed by atoms with Gasteiger partial charge in [0.25, 0.3) is 0 Å². The molecule has 4 heterocycles. The largest absolute Gasteiger partial charge is 0.474 e. The highest BCUT2D eigenvalue weighted by molar-refractivity contribution is 6.99. The van der Waals surface area contributed by atoms with E-state index in [0.29, 0.717) is 19.6 Å². The van der Waals surface area contributed by atoms with Gasteiger partial charge >= 0.3 is 139 Å². The Hall–Kier alpha value is 2.37. The highest BCUT2D eigenvalue weighted by Gasteiger charge is 2.70. The quantitative estimate of drug-likeness (QED) is 0.0760. The maximum absolute atomic E-state index is 7.33. The fraction of sp³-hybridized carbons (Fsp3) is 0.939. The van der Waals surface area contributed by atoms with Crippen molar-refractivity contribution in [3.05, 3.63) is 12.2 Å². The van der Waals surface area contributed by atoms with Crippen molar-refractivity contribution in [3.63, 3.8) is 0 Å². The molecule has 0 spiro atoms. The summed E-state index contributed by atoms with van der Waals surface area (Å²) in [4.78, 5) is 0. The van der Waals surface area contributed by atoms with Crippen LogP contribution in [0.1, 0.15) is 20.3 Å². The summed E-state index contributed by atoms with van der Waals surface area (Å²) in [6, 6.07) is 0. The summed E-state index contributed by atoms with van der Waals surface area (Å²) in [6.45, 7) is 55.1. The van der Waals surface area contributed by atoms with E-state index >= 15 is 0 Å². The van der Waals surface area contributed by atoms with Gasteiger partial charge in [0.1, 0.15) is 0 Å². The van der Waals surface area contributed by atoms with Crippen molar-refractivity contribution in [1.29, 1.82) is 0 Å². The van der Waals surface area contributed by atoms with E-state index in [1.165, 1.54) is 0 Å². The van der Waals surface area contributed by atoms with Gasteiger partial charge in [-0.1, -0.05) is 19.1 Å². The Morgan fingerprint density at radius 1 is 0.429 bits per heavy atom. The third-order valence-electron chi connectivity index (χ3n) is 10.4. The molecule has 4 aliphatic rings. The molecule has 21 nitrogen and oxygen atoms in total. The van der Waals surface area contributed by atoms with Crippen LogP contribution in [-0.2, 0) is 87.4 Å². The molecule has 4 rings (SSSR count). The van der Waals surface area contributed by atoms with E-state index < -0.39 is 139 Å². The number of fused-ring (bicyclic) bond motifs is 4. The number of hydrogen-bond donors (Lipinski definition) is 0. The average Bonchev–Trinajstić information content (AvgIpc) is 2.97. The first-order valence-electron chi connectivity index (χ1n) is 23.9. The van der Waals surface area contributed by atoms with Gasteiger partial charge in [-0.2, -0.15) is 0 Å². The van der Waals surface area contributed by atoms with Gasteiger partial charge in [0.2, 0.25) is 0 Å². The van der Waals surface area contributed by atoms with E-state index in [1.54, 1.807) is 20.2 Å². The molecule has 0 radical (unpaired) electrons. The van der Waals surface area contributed by atoms with Crippen molar-refractivity contribution < 1.29 is 87.4 Å². The standard InChI is InChI=1S/C33H90O21Si16/c1-32(2)31-35-30-29-33(3)63(21)47-64(22,49-67(25)44-60(15,16)38-59(13,14)42-65(23,48-63)50-67)41-57(9,10)36-56(7,8)37-58(11,12)43-68(26)51-66(24,40-55(5,6)34-4)52-69(27)45-61(17,18)39-62(19,20)46-70(28,53-68)54-69/h33H,1,29-31H2,2-28H3. The Bertz CT molecular complexity index is 1880. The molecule has 37 heteroatoms. The highest BCUT2D eigenvalue weighted by atomic mass is 28.6. The maximum Gasteiger partial charge on any atom is 0.474 e. The summed E-state index contributed by atoms with van der Waals surface area (Å²) in [6.07, 6.45) is 0.641. The fourth-order valence-corrected chi connectivity index (χ4v) is 94.2. The number of ether oxygens (including phenoxy) is 1. The van der Waals surface area contributed by atoms with Crippen LogP contribution in [0.3, 0.4) is 0 Å². The molecule has 0 aromatic heterocycles. The molecule has 9 atom stereocenters. The summed E-state index contributed by atoms with van der Waals surface area (Å²) in [5.74, 6) is 0. The van der Waals surface area contributed by atoms with Crippen molar-refractivity contribution in [1.82, 2.24) is 0 Å². The van der Waals surface area contributed by atoms with Crippen LogP contribution in [0.5, 0.6) is 0 Å². The van der Waals surface area contributed by atoms with E-state index in [-0.39, 0.29) is 5.54 Å². The number of rotatable bonds is 17. The van der Waals surface area contributed by atoms with Gasteiger partial charge in [0, 0.05) is 65.1 Å². The molecule has 4 saturated heterocycles. The first kappa shape index (κ1) is 64.9. The van der Waals surface area contributed by atoms with Crippen molar-refractivity contribution >= 4 is 139 Å². The molecule has 4 bridgehead atoms. The third-order valence-corrected chi connectivity index (χ3v) is 77.4. The Balaban J connectivity index is 1.68. The zero-order valence-electron chi connectivity index (χ0n) is 47.5. The highest BCUT2D eigenvalue weighted by Crippen LogP contribution is 2.44. The van der Waals surface area contributed by atoms with Gasteiger partial charge < -0.3 is 87.4 Å². The summed E-state index contributed by atoms with van der Waals surface area (Å²) >= 11 is 0. The summed E-state index contributed by atoms with van der Waals surface area (Å²) in [7, 11) is -51.8. The van der Waals surface area contributed by atoms with Gasteiger partial charge in [-0.3, -0.25) is 0 Å². The second kappa shape index (κ2) is 21.4. The summed E-state index contributed by atoms with van der Waals surface area (Å²) < 4.78 is 144. The molecule has 0 aromatic rings. The lowest BCUT2D eigenvalue weighted by atomic mass is 10.3. The van der Waals surface area contributed by atoms with Crippen molar-refractivity contribution in [2.24, 2.45) is 0 Å². The molecule has 0 aliphatic carbocycles. The van der Waals surface area contributed by atoms with E-state index in [4.69, 9.17) is 87.4 Å². The molecule has 9 unspecified atom stereocenters. The van der Waals surface area contributed by atoms with Crippen LogP contribution in [-0.4, -0.2) is 159 Å². The Labute approximate surface area is 438 Å². The van der Waals surface area contributed by atoms with Gasteiger partial charge in [0.15, 0.2) is 0 Å². The van der Waals surface area contributed by atoms with Crippen LogP contribution < -0.4 is 0 Å². The van der Waals surface area contributed by atoms with Crippen LogP contribution in [0, 0.1) is 0 Å². The second-order valence-corrected chi connectivity index (χ2v) is 76.5. The van der Waals surface area contributed by atoms with Crippen molar-refractivity contribution in [2.75, 3.05) is 20.3 Å². The molecule has 0 aromatic carbocycles. The predicted molar refractivity (Wildman–Crippen MR) is 300 cm³/mol. The smallest absolute Gasteiger partial charge is 0.416 e. The van der Waals surface area contributed by atoms with Gasteiger partial charge in [0.05, 0.1) is 6.61 Å². The predicted octanol–water partition coefficient (Wildman–Crippen LogP) is 9.04. The van der Waals surface area contributed by atoms with Crippen LogP contribution >= 0.6 is 0 Å². The van der Waals surface area contributed by atoms with E-state index in [2.05, 4.69) is 13.5 Å². The van der Waals surface area contributed by atoms with Crippen molar-refractivity contribution in [2.45, 2.75) is 183 Å². The van der Waals surface area contributed by atoms with Gasteiger partial charge in [-0.05, 0) is 125 Å². The molecule has 412 valence electrons. The monoisotopic (exact) mass is 1270 g/mol. The van der Waals surface area contributed by atoms with Crippen LogP contribution in [0.15, 0.2) is 12.2 Å². The van der Waals surface area contributed by atoms with E-state index in [1.807, 2.05) is 151 Å². The van der Waals surface area contributed by atoms with Gasteiger partial charge in [-0.15, -0.1) is 0 Å². The fourth-order valence-electron chi connectivity index (χ4n) is 9.87. The minimum absolute atomic E-state index is 0.112. The first-order valence-corrected chi connectivity index (χ1v) is 64.4. The number of hydrogen-bond acceptors (Lipinski definition) is 21. The molecular formula is C33H90O21Si16. The second-order valence-electron chi connectivity index (χ2n) is 23.1. The average molecular weight is 1270 g/mol. The first-order chi connectivity index (χ1) is 30.8. The Morgan fingerprint density at radius 3 is 1.10 bits per heavy atom. The lowest BCUT2D eigenvalue weighted by Gasteiger charge is -2.54. The Morgan fingerprint density at radius 2 is 0.757 bits per heavy atom. The lowest BCUT2D eigenvalue weighted by molar-refractivity contribution is 0.0665. The summed E-state index contributed by atoms with van der Waals surface area (Å²) in [5, 5.41) is 0. The molecule has 0 N–H and O–H groups in total. The minimum atomic E-state index is -3.91. The third kappa shape index (κ3) is 19.3. The van der Waals surface area contributed by atoms with E-state index in [9.17, 15) is 0 Å². The minimum Gasteiger partial charge on any atom is -0.416 e. The van der Waals surface area contributed by atoms with Crippen LogP contribution in [0.4, 0.5) is 0 Å². The molecule has 0 saturated carbocycles. The summed E-state index contributed by atoms with van der Waals surface area (Å²) in [5.41, 5.74) is 0.830. The molecule has 4 fully saturated rings. The Kier molecular flexibility index (Phi) is 19.9. The molecule has 4 aliphatic heterocycles. The van der Waals surface area contributed by atoms with Crippen molar-refractivity contribution in [3.8, 4) is 0 Å². The molecule has 0 amide bonds. The normalized spacial score (nSPS) is 38.9. The lowest BCUT2D eigenvalue weighted by Crippen LogP contribution is -2.76. The maximum atomic E-state index is 7.33. The SMILES string of the molecule is C=C(C)COCCC(C)[Si]1(C)O[Si](C)(O[Si](C)(C)O[Si](C)(C)O[Si](C)(C)O[Si]2(C)O[Si](C)(O[Si](C)(C)OC)O[Si]3(C)O[Si](C)(C)O[Si](C)(C)O[Si](C)(O2)O3)O[Si]2(C)O[Si](C)(C)O[Si](C)(C)O[Si](C)(O2)O1. The zero-order valence-corrected chi connectivity index (χ0v) is 63.5. The van der Waals surface area contributed by atoms with Gasteiger partial charge in [-0.25, -0.2) is 0 Å². The molecule has 70 heavy (non-hydrogen) atoms. The topological polar surface area (TPSA) is 194 Å². The zero-order chi connectivity index (χ0) is 54.1.